The van der Waals surface area contributed by atoms with Crippen LogP contribution in [0.1, 0.15) is 65.7 Å². The Morgan fingerprint density at radius 2 is 1.85 bits per heavy atom. The van der Waals surface area contributed by atoms with Crippen LogP contribution in [0.4, 0.5) is 0 Å². The monoisotopic (exact) mass is 362 g/mol. The van der Waals surface area contributed by atoms with Gasteiger partial charge < -0.3 is 10.6 Å². The van der Waals surface area contributed by atoms with Gasteiger partial charge in [0, 0.05) is 19.0 Å². The predicted octanol–water partition coefficient (Wildman–Crippen LogP) is 2.20. The zero-order valence-electron chi connectivity index (χ0n) is 16.5. The number of carbonyl (C=O) groups is 2. The van der Waals surface area contributed by atoms with E-state index in [9.17, 15) is 14.9 Å². The molecule has 1 heterocycles. The molecule has 2 aliphatic rings. The number of likely N-dealkylation sites (tertiary alicyclic amines) is 1. The lowest BCUT2D eigenvalue weighted by Gasteiger charge is -2.38. The molecule has 0 radical (unpaired) electrons. The van der Waals surface area contributed by atoms with Crippen LogP contribution in [0, 0.1) is 23.2 Å². The number of amides is 2. The van der Waals surface area contributed by atoms with Crippen molar-refractivity contribution in [3.63, 3.8) is 0 Å². The molecule has 0 spiro atoms. The molecule has 26 heavy (non-hydrogen) atoms. The molecule has 0 bridgehead atoms. The molecule has 2 N–H and O–H groups in total. The number of carbonyl (C=O) groups excluding carboxylic acids is 2. The van der Waals surface area contributed by atoms with E-state index in [4.69, 9.17) is 0 Å². The molecule has 0 aromatic heterocycles. The minimum absolute atomic E-state index is 0.00272. The first-order chi connectivity index (χ1) is 12.4. The molecule has 1 aliphatic heterocycles. The van der Waals surface area contributed by atoms with Crippen LogP contribution in [0.3, 0.4) is 0 Å². The fraction of sp³-hybridized carbons (Fsp3) is 0.850. The molecule has 2 amide bonds. The highest BCUT2D eigenvalue weighted by Gasteiger charge is 2.36. The fourth-order valence-corrected chi connectivity index (χ4v) is 3.99. The van der Waals surface area contributed by atoms with Gasteiger partial charge in [-0.3, -0.25) is 14.5 Å². The zero-order valence-corrected chi connectivity index (χ0v) is 16.5. The third-order valence-electron chi connectivity index (χ3n) is 5.85. The van der Waals surface area contributed by atoms with E-state index < -0.39 is 5.54 Å². The lowest BCUT2D eigenvalue weighted by molar-refractivity contribution is -0.129. The molecule has 0 aromatic rings. The number of nitrogens with zero attached hydrogens (tertiary/aromatic N) is 2. The van der Waals surface area contributed by atoms with E-state index >= 15 is 0 Å². The molecule has 2 atom stereocenters. The van der Waals surface area contributed by atoms with Gasteiger partial charge in [0.05, 0.1) is 12.1 Å². The van der Waals surface area contributed by atoms with Crippen molar-refractivity contribution in [3.8, 4) is 6.07 Å². The average Bonchev–Trinajstić information content (AvgIpc) is 2.66. The van der Waals surface area contributed by atoms with E-state index in [1.165, 1.54) is 0 Å². The maximum absolute atomic E-state index is 12.8. The lowest BCUT2D eigenvalue weighted by atomic mass is 9.82. The Balaban J connectivity index is 1.87. The minimum atomic E-state index is -0.677. The molecule has 2 fully saturated rings. The Morgan fingerprint density at radius 1 is 1.15 bits per heavy atom. The minimum Gasteiger partial charge on any atom is -0.356 e. The molecule has 1 saturated heterocycles. The summed E-state index contributed by atoms with van der Waals surface area (Å²) in [5, 5.41) is 15.6. The van der Waals surface area contributed by atoms with E-state index in [1.54, 1.807) is 0 Å². The second-order valence-corrected chi connectivity index (χ2v) is 8.32. The summed E-state index contributed by atoms with van der Waals surface area (Å²) >= 11 is 0. The van der Waals surface area contributed by atoms with Gasteiger partial charge in [0.2, 0.25) is 11.8 Å². The number of rotatable bonds is 6. The molecule has 1 aliphatic carbocycles. The molecule has 0 aromatic carbocycles. The molecule has 6 heteroatoms. The number of hydrogen-bond acceptors (Lipinski definition) is 4. The molecular formula is C20H34N4O2. The zero-order chi connectivity index (χ0) is 19.2. The maximum atomic E-state index is 12.8. The van der Waals surface area contributed by atoms with E-state index in [2.05, 4.69) is 21.6 Å². The summed E-state index contributed by atoms with van der Waals surface area (Å²) in [5.74, 6) is 0.417. The average molecular weight is 363 g/mol. The van der Waals surface area contributed by atoms with Crippen LogP contribution in [0.2, 0.25) is 0 Å². The van der Waals surface area contributed by atoms with E-state index in [0.717, 1.165) is 58.0 Å². The lowest BCUT2D eigenvalue weighted by Crippen LogP contribution is -2.56. The Bertz CT molecular complexity index is 534. The number of nitriles is 1. The van der Waals surface area contributed by atoms with Crippen molar-refractivity contribution in [2.45, 2.75) is 77.3 Å². The summed E-state index contributed by atoms with van der Waals surface area (Å²) in [6.07, 6.45) is 6.77. The molecule has 2 rings (SSSR count). The van der Waals surface area contributed by atoms with Gasteiger partial charge >= 0.3 is 0 Å². The van der Waals surface area contributed by atoms with Crippen LogP contribution in [-0.2, 0) is 9.59 Å². The standard InChI is InChI=1S/C20H34N4O2/c1-15(2)18(25)22-12-17-8-7-11-24(13-17)16(3)19(26)23-20(14-21)9-5-4-6-10-20/h15-17H,4-13H2,1-3H3,(H,22,25)(H,23,26). The van der Waals surface area contributed by atoms with Crippen molar-refractivity contribution >= 4 is 11.8 Å². The second kappa shape index (κ2) is 9.36. The van der Waals surface area contributed by atoms with Crippen molar-refractivity contribution < 1.29 is 9.59 Å². The van der Waals surface area contributed by atoms with Crippen molar-refractivity contribution in [1.82, 2.24) is 15.5 Å². The topological polar surface area (TPSA) is 85.2 Å². The molecule has 1 saturated carbocycles. The van der Waals surface area contributed by atoms with Crippen molar-refractivity contribution in [2.75, 3.05) is 19.6 Å². The summed E-state index contributed by atoms with van der Waals surface area (Å²) in [6, 6.07) is 2.12. The molecular weight excluding hydrogens is 328 g/mol. The van der Waals surface area contributed by atoms with Crippen LogP contribution < -0.4 is 10.6 Å². The summed E-state index contributed by atoms with van der Waals surface area (Å²) < 4.78 is 0. The third kappa shape index (κ3) is 5.44. The summed E-state index contributed by atoms with van der Waals surface area (Å²) in [7, 11) is 0. The highest BCUT2D eigenvalue weighted by Crippen LogP contribution is 2.28. The maximum Gasteiger partial charge on any atom is 0.238 e. The van der Waals surface area contributed by atoms with E-state index in [1.807, 2.05) is 20.8 Å². The molecule has 146 valence electrons. The van der Waals surface area contributed by atoms with Gasteiger partial charge in [-0.2, -0.15) is 5.26 Å². The first kappa shape index (κ1) is 20.7. The Morgan fingerprint density at radius 3 is 2.46 bits per heavy atom. The number of piperidine rings is 1. The highest BCUT2D eigenvalue weighted by atomic mass is 16.2. The summed E-state index contributed by atoms with van der Waals surface area (Å²) in [5.41, 5.74) is -0.677. The third-order valence-corrected chi connectivity index (χ3v) is 5.85. The molecule has 2 unspecified atom stereocenters. The van der Waals surface area contributed by atoms with Crippen LogP contribution in [0.15, 0.2) is 0 Å². The molecule has 6 nitrogen and oxygen atoms in total. The first-order valence-electron chi connectivity index (χ1n) is 10.1. The van der Waals surface area contributed by atoms with Crippen molar-refractivity contribution in [1.29, 1.82) is 5.26 Å². The van der Waals surface area contributed by atoms with Gasteiger partial charge in [-0.05, 0) is 45.1 Å². The number of hydrogen-bond donors (Lipinski definition) is 2. The Kier molecular flexibility index (Phi) is 7.45. The van der Waals surface area contributed by atoms with E-state index in [0.29, 0.717) is 12.5 Å². The first-order valence-corrected chi connectivity index (χ1v) is 10.1. The van der Waals surface area contributed by atoms with Gasteiger partial charge in [0.15, 0.2) is 0 Å². The summed E-state index contributed by atoms with van der Waals surface area (Å²) in [6.45, 7) is 8.09. The highest BCUT2D eigenvalue weighted by molar-refractivity contribution is 5.82. The SMILES string of the molecule is CC(C)C(=O)NCC1CCCN(C(C)C(=O)NC2(C#N)CCCCC2)C1. The fourth-order valence-electron chi connectivity index (χ4n) is 3.99. The normalized spacial score (nSPS) is 24.5. The van der Waals surface area contributed by atoms with Crippen LogP contribution in [0.5, 0.6) is 0 Å². The smallest absolute Gasteiger partial charge is 0.238 e. The Hall–Kier alpha value is -1.61. The quantitative estimate of drug-likeness (QED) is 0.758. The predicted molar refractivity (Wildman–Crippen MR) is 101 cm³/mol. The van der Waals surface area contributed by atoms with Gasteiger partial charge in [-0.25, -0.2) is 0 Å². The van der Waals surface area contributed by atoms with Crippen molar-refractivity contribution in [2.24, 2.45) is 11.8 Å². The van der Waals surface area contributed by atoms with Gasteiger partial charge in [0.1, 0.15) is 5.54 Å². The van der Waals surface area contributed by atoms with Gasteiger partial charge in [-0.1, -0.05) is 33.1 Å². The van der Waals surface area contributed by atoms with Crippen molar-refractivity contribution in [3.05, 3.63) is 0 Å². The summed E-state index contributed by atoms with van der Waals surface area (Å²) in [4.78, 5) is 26.7. The van der Waals surface area contributed by atoms with Crippen LogP contribution in [-0.4, -0.2) is 47.9 Å². The Labute approximate surface area is 157 Å². The van der Waals surface area contributed by atoms with Gasteiger partial charge in [-0.15, -0.1) is 0 Å². The largest absolute Gasteiger partial charge is 0.356 e. The van der Waals surface area contributed by atoms with Crippen LogP contribution in [0.25, 0.3) is 0 Å². The second-order valence-electron chi connectivity index (χ2n) is 8.32. The number of nitrogens with one attached hydrogen (secondary N) is 2. The van der Waals surface area contributed by atoms with Gasteiger partial charge in [0.25, 0.3) is 0 Å². The van der Waals surface area contributed by atoms with E-state index in [-0.39, 0.29) is 23.8 Å². The van der Waals surface area contributed by atoms with Crippen LogP contribution >= 0.6 is 0 Å².